The summed E-state index contributed by atoms with van der Waals surface area (Å²) in [4.78, 5) is 36.1. The Morgan fingerprint density at radius 3 is 2.49 bits per heavy atom. The maximum atomic E-state index is 12.7. The molecule has 1 aliphatic heterocycles. The number of nitrogens with one attached hydrogen (secondary N) is 1. The van der Waals surface area contributed by atoms with Crippen LogP contribution in [0.25, 0.3) is 0 Å². The van der Waals surface area contributed by atoms with Crippen molar-refractivity contribution in [3.8, 4) is 0 Å². The molecule has 14 atom stereocenters. The molecule has 4 N–H and O–H groups in total. The molecule has 0 aromatic rings. The quantitative estimate of drug-likeness (QED) is 0.240. The molecular weight excluding hydrogens is 602 g/mol. The fourth-order valence-corrected chi connectivity index (χ4v) is 10.7. The molecule has 4 aliphatic carbocycles. The average molecular weight is 662 g/mol. The zero-order valence-electron chi connectivity index (χ0n) is 29.3. The van der Waals surface area contributed by atoms with Gasteiger partial charge < -0.3 is 34.8 Å². The molecule has 5 aliphatic rings. The van der Waals surface area contributed by atoms with Crippen LogP contribution in [0.4, 0.5) is 0 Å². The van der Waals surface area contributed by atoms with E-state index in [1.165, 1.54) is 13.8 Å². The van der Waals surface area contributed by atoms with E-state index in [1.807, 2.05) is 6.08 Å². The van der Waals surface area contributed by atoms with Gasteiger partial charge in [-0.15, -0.1) is 0 Å². The summed E-state index contributed by atoms with van der Waals surface area (Å²) in [5, 5.41) is 34.3. The molecule has 0 aromatic carbocycles. The number of ether oxygens (including phenoxy) is 3. The summed E-state index contributed by atoms with van der Waals surface area (Å²) < 4.78 is 18.2. The Morgan fingerprint density at radius 2 is 1.81 bits per heavy atom. The molecule has 10 nitrogen and oxygen atoms in total. The first-order chi connectivity index (χ1) is 22.2. The summed E-state index contributed by atoms with van der Waals surface area (Å²) in [5.74, 6) is 1.93. The molecule has 10 heteroatoms. The lowest BCUT2D eigenvalue weighted by atomic mass is 9.45. The molecule has 47 heavy (non-hydrogen) atoms. The highest BCUT2D eigenvalue weighted by molar-refractivity contribution is 5.91. The van der Waals surface area contributed by atoms with E-state index >= 15 is 0 Å². The van der Waals surface area contributed by atoms with Crippen LogP contribution in [-0.4, -0.2) is 82.9 Å². The van der Waals surface area contributed by atoms with E-state index in [0.717, 1.165) is 56.9 Å². The average Bonchev–Trinajstić information content (AvgIpc) is 3.37. The van der Waals surface area contributed by atoms with Crippen LogP contribution in [0.1, 0.15) is 106 Å². The van der Waals surface area contributed by atoms with Crippen LogP contribution < -0.4 is 5.32 Å². The molecule has 5 rings (SSSR count). The van der Waals surface area contributed by atoms with Crippen molar-refractivity contribution in [2.45, 2.75) is 142 Å². The fourth-order valence-electron chi connectivity index (χ4n) is 10.7. The first-order valence-corrected chi connectivity index (χ1v) is 18.1. The number of fused-ring (bicyclic) bond motifs is 5. The summed E-state index contributed by atoms with van der Waals surface area (Å²) >= 11 is 0. The van der Waals surface area contributed by atoms with Crippen molar-refractivity contribution in [2.75, 3.05) is 13.2 Å². The monoisotopic (exact) mass is 661 g/mol. The van der Waals surface area contributed by atoms with Crippen LogP contribution in [0, 0.1) is 46.3 Å². The third-order valence-electron chi connectivity index (χ3n) is 13.2. The van der Waals surface area contributed by atoms with E-state index in [9.17, 15) is 29.7 Å². The largest absolute Gasteiger partial charge is 0.466 e. The molecule has 266 valence electrons. The second kappa shape index (κ2) is 14.6. The second-order valence-corrected chi connectivity index (χ2v) is 16.2. The van der Waals surface area contributed by atoms with Gasteiger partial charge in [-0.05, 0) is 97.4 Å². The number of rotatable bonds is 11. The Labute approximate surface area is 280 Å². The van der Waals surface area contributed by atoms with Crippen LogP contribution in [0.5, 0.6) is 0 Å². The van der Waals surface area contributed by atoms with Gasteiger partial charge in [0, 0.05) is 20.3 Å². The van der Waals surface area contributed by atoms with E-state index in [1.54, 1.807) is 0 Å². The minimum Gasteiger partial charge on any atom is -0.466 e. The van der Waals surface area contributed by atoms with Gasteiger partial charge in [-0.3, -0.25) is 14.4 Å². The SMILES string of the molecule is CC(=O)N[C@H]1[C@H](O[C@H]2CC3=CC(=O)CC[C@]3(C)[C@@H]3CC[C@@]4(C)[C@H](CC[C@@H]4[C@H](C)CCC[C@@H](C)COC(C)=O)[C@@H]23)O[C@H](CO)[C@@H](O)[C@@H]1O. The Hall–Kier alpha value is -1.85. The summed E-state index contributed by atoms with van der Waals surface area (Å²) in [7, 11) is 0. The lowest BCUT2D eigenvalue weighted by molar-refractivity contribution is -0.296. The number of carbonyl (C=O) groups is 3. The summed E-state index contributed by atoms with van der Waals surface area (Å²) in [5.41, 5.74) is 1.16. The van der Waals surface area contributed by atoms with Gasteiger partial charge in [0.05, 0.1) is 19.3 Å². The van der Waals surface area contributed by atoms with E-state index in [4.69, 9.17) is 14.2 Å². The highest BCUT2D eigenvalue weighted by Gasteiger charge is 2.63. The Bertz CT molecular complexity index is 1190. The molecule has 0 radical (unpaired) electrons. The Morgan fingerprint density at radius 1 is 1.06 bits per heavy atom. The van der Waals surface area contributed by atoms with Crippen molar-refractivity contribution in [2.24, 2.45) is 46.3 Å². The fraction of sp³-hybridized carbons (Fsp3) is 0.865. The van der Waals surface area contributed by atoms with E-state index in [-0.39, 0.29) is 40.5 Å². The minimum atomic E-state index is -1.38. The van der Waals surface area contributed by atoms with Crippen molar-refractivity contribution in [1.29, 1.82) is 0 Å². The maximum Gasteiger partial charge on any atom is 0.302 e. The van der Waals surface area contributed by atoms with Crippen molar-refractivity contribution < 1.29 is 43.9 Å². The smallest absolute Gasteiger partial charge is 0.302 e. The molecule has 1 saturated heterocycles. The summed E-state index contributed by atoms with van der Waals surface area (Å²) in [6.45, 7) is 12.1. The van der Waals surface area contributed by atoms with Crippen LogP contribution >= 0.6 is 0 Å². The predicted octanol–water partition coefficient (Wildman–Crippen LogP) is 4.08. The summed E-state index contributed by atoms with van der Waals surface area (Å²) in [6.07, 6.45) is 6.34. The highest BCUT2D eigenvalue weighted by atomic mass is 16.7. The molecule has 0 unspecified atom stereocenters. The topological polar surface area (TPSA) is 152 Å². The second-order valence-electron chi connectivity index (χ2n) is 16.2. The van der Waals surface area contributed by atoms with Gasteiger partial charge >= 0.3 is 5.97 Å². The van der Waals surface area contributed by atoms with Crippen LogP contribution in [0.3, 0.4) is 0 Å². The van der Waals surface area contributed by atoms with Gasteiger partial charge in [-0.25, -0.2) is 0 Å². The van der Waals surface area contributed by atoms with E-state index in [2.05, 4.69) is 33.0 Å². The summed E-state index contributed by atoms with van der Waals surface area (Å²) in [6, 6.07) is -1.01. The normalized spacial score (nSPS) is 42.7. The standard InChI is InChI=1S/C37H59NO9/c1-20(19-45-23(4)41)8-7-9-21(2)26-10-11-27-31-28(13-15-37(26,27)6)36(5)14-12-25(42)16-24(36)17-29(31)46-35-32(38-22(3)40)34(44)33(43)30(18-39)47-35/h16,20-21,26-35,39,43-44H,7-15,17-19H2,1-6H3,(H,38,40)/t20-,21-,26-,27-,28-,29+,30-,31-,32-,33-,34-,35-,36+,37-/m1/s1. The maximum absolute atomic E-state index is 12.7. The molecule has 4 fully saturated rings. The number of esters is 1. The molecule has 3 saturated carbocycles. The molecule has 0 bridgehead atoms. The van der Waals surface area contributed by atoms with Gasteiger partial charge in [-0.1, -0.05) is 46.1 Å². The number of aliphatic hydroxyl groups excluding tert-OH is 3. The predicted molar refractivity (Wildman–Crippen MR) is 175 cm³/mol. The molecule has 1 amide bonds. The third kappa shape index (κ3) is 7.23. The molecule has 0 spiro atoms. The zero-order chi connectivity index (χ0) is 34.3. The van der Waals surface area contributed by atoms with Crippen molar-refractivity contribution in [3.63, 3.8) is 0 Å². The molecule has 0 aromatic heterocycles. The van der Waals surface area contributed by atoms with Gasteiger partial charge in [0.25, 0.3) is 0 Å². The lowest BCUT2D eigenvalue weighted by Gasteiger charge is -2.61. The minimum absolute atomic E-state index is 0.0879. The van der Waals surface area contributed by atoms with Crippen molar-refractivity contribution in [3.05, 3.63) is 11.6 Å². The van der Waals surface area contributed by atoms with Gasteiger partial charge in [0.15, 0.2) is 12.1 Å². The van der Waals surface area contributed by atoms with E-state index in [0.29, 0.717) is 49.0 Å². The zero-order valence-corrected chi connectivity index (χ0v) is 29.3. The number of hydrogen-bond acceptors (Lipinski definition) is 9. The number of ketones is 1. The first-order valence-electron chi connectivity index (χ1n) is 18.1. The first kappa shape index (κ1) is 36.4. The van der Waals surface area contributed by atoms with Gasteiger partial charge in [0.1, 0.15) is 24.4 Å². The molecule has 1 heterocycles. The van der Waals surface area contributed by atoms with E-state index < -0.39 is 37.3 Å². The number of aliphatic hydroxyl groups is 3. The highest BCUT2D eigenvalue weighted by Crippen LogP contribution is 2.68. The van der Waals surface area contributed by atoms with Crippen molar-refractivity contribution in [1.82, 2.24) is 5.32 Å². The van der Waals surface area contributed by atoms with Gasteiger partial charge in [0.2, 0.25) is 5.91 Å². The van der Waals surface area contributed by atoms with Crippen LogP contribution in [0.2, 0.25) is 0 Å². The number of carbonyl (C=O) groups excluding carboxylic acids is 3. The molecular formula is C37H59NO9. The van der Waals surface area contributed by atoms with Crippen LogP contribution in [-0.2, 0) is 28.6 Å². The third-order valence-corrected chi connectivity index (χ3v) is 13.2. The Kier molecular flexibility index (Phi) is 11.3. The van der Waals surface area contributed by atoms with Crippen LogP contribution in [0.15, 0.2) is 11.6 Å². The number of hydrogen-bond donors (Lipinski definition) is 4. The van der Waals surface area contributed by atoms with Crippen molar-refractivity contribution >= 4 is 17.7 Å². The lowest BCUT2D eigenvalue weighted by Crippen LogP contribution is -2.66. The Balaban J connectivity index is 1.39. The van der Waals surface area contributed by atoms with Gasteiger partial charge in [-0.2, -0.15) is 0 Å². The number of amides is 1.